The summed E-state index contributed by atoms with van der Waals surface area (Å²) in [4.78, 5) is 24.6. The Morgan fingerprint density at radius 1 is 1.09 bits per heavy atom. The van der Waals surface area contributed by atoms with Crippen molar-refractivity contribution in [1.82, 2.24) is 30.0 Å². The highest BCUT2D eigenvalue weighted by Gasteiger charge is 2.47. The van der Waals surface area contributed by atoms with Crippen molar-refractivity contribution in [1.29, 1.82) is 0 Å². The number of nitrogens with one attached hydrogen (secondary N) is 1. The maximum absolute atomic E-state index is 13.5. The molecule has 1 fully saturated rings. The van der Waals surface area contributed by atoms with Gasteiger partial charge in [0.2, 0.25) is 0 Å². The van der Waals surface area contributed by atoms with E-state index in [1.165, 1.54) is 47.0 Å². The Morgan fingerprint density at radius 3 is 2.28 bits per heavy atom. The average Bonchev–Trinajstić information content (AvgIpc) is 3.38. The first-order valence-corrected chi connectivity index (χ1v) is 9.87. The Hall–Kier alpha value is -3.01. The summed E-state index contributed by atoms with van der Waals surface area (Å²) in [6.45, 7) is 0. The van der Waals surface area contributed by atoms with Crippen LogP contribution in [0.5, 0.6) is 0 Å². The van der Waals surface area contributed by atoms with Crippen LogP contribution in [0, 0.1) is 0 Å². The van der Waals surface area contributed by atoms with E-state index in [-0.39, 0.29) is 11.5 Å². The first-order chi connectivity index (χ1) is 14.9. The van der Waals surface area contributed by atoms with Crippen molar-refractivity contribution in [3.63, 3.8) is 0 Å². The van der Waals surface area contributed by atoms with Crippen LogP contribution in [-0.2, 0) is 24.4 Å². The molecule has 0 radical (unpaired) electrons. The molecule has 32 heavy (non-hydrogen) atoms. The van der Waals surface area contributed by atoms with Gasteiger partial charge in [0.1, 0.15) is 11.4 Å². The lowest BCUT2D eigenvalue weighted by Gasteiger charge is -2.17. The second kappa shape index (κ2) is 7.54. The molecule has 7 nitrogen and oxygen atoms in total. The van der Waals surface area contributed by atoms with Gasteiger partial charge in [-0.15, -0.1) is 0 Å². The van der Waals surface area contributed by atoms with Crippen molar-refractivity contribution in [3.8, 4) is 11.4 Å². The summed E-state index contributed by atoms with van der Waals surface area (Å²) in [7, 11) is 2.66. The van der Waals surface area contributed by atoms with E-state index in [0.717, 1.165) is 4.68 Å². The molecule has 3 aromatic rings. The molecule has 3 aromatic heterocycles. The van der Waals surface area contributed by atoms with E-state index in [9.17, 15) is 26.7 Å². The monoisotopic (exact) mass is 470 g/mol. The fourth-order valence-electron chi connectivity index (χ4n) is 3.19. The number of hydrogen-bond acceptors (Lipinski definition) is 5. The van der Waals surface area contributed by atoms with Crippen LogP contribution in [0.3, 0.4) is 0 Å². The lowest BCUT2D eigenvalue weighted by Crippen LogP contribution is -2.36. The Morgan fingerprint density at radius 2 is 1.75 bits per heavy atom. The standard InChI is InChI=1S/C19H16F5N6OP/c1-30-12(7-13(29-30)18(20,21)22)16(31)28-17(3-4-17)11-8-26-15(27-9-11)10-2-5-25-14(6-10)19(23,24)32/h2,5-9H,3-4,32H2,1H3,(H,28,31). The maximum atomic E-state index is 13.5. The summed E-state index contributed by atoms with van der Waals surface area (Å²) in [5.74, 6) is -0.520. The number of pyridine rings is 1. The Bertz CT molecular complexity index is 1170. The van der Waals surface area contributed by atoms with Gasteiger partial charge in [0, 0.05) is 42.8 Å². The van der Waals surface area contributed by atoms with Crippen LogP contribution in [0.2, 0.25) is 0 Å². The predicted molar refractivity (Wildman–Crippen MR) is 105 cm³/mol. The second-order valence-corrected chi connectivity index (χ2v) is 8.15. The predicted octanol–water partition coefficient (Wildman–Crippen LogP) is 3.63. The number of aromatic nitrogens is 5. The molecule has 0 bridgehead atoms. The van der Waals surface area contributed by atoms with Crippen molar-refractivity contribution in [2.75, 3.05) is 0 Å². The van der Waals surface area contributed by atoms with Gasteiger partial charge in [-0.2, -0.15) is 27.1 Å². The molecule has 0 spiro atoms. The molecule has 1 saturated carbocycles. The summed E-state index contributed by atoms with van der Waals surface area (Å²) < 4.78 is 66.4. The van der Waals surface area contributed by atoms with Crippen molar-refractivity contribution >= 4 is 15.1 Å². The number of rotatable bonds is 5. The lowest BCUT2D eigenvalue weighted by molar-refractivity contribution is -0.141. The van der Waals surface area contributed by atoms with E-state index in [4.69, 9.17) is 0 Å². The van der Waals surface area contributed by atoms with Gasteiger partial charge in [0.15, 0.2) is 11.5 Å². The third-order valence-electron chi connectivity index (χ3n) is 5.07. The largest absolute Gasteiger partial charge is 0.435 e. The average molecular weight is 470 g/mol. The Balaban J connectivity index is 1.54. The molecule has 1 unspecified atom stereocenters. The van der Waals surface area contributed by atoms with Crippen LogP contribution in [0.15, 0.2) is 36.8 Å². The van der Waals surface area contributed by atoms with Crippen molar-refractivity contribution in [2.45, 2.75) is 30.2 Å². The molecule has 13 heteroatoms. The van der Waals surface area contributed by atoms with Gasteiger partial charge in [-0.3, -0.25) is 14.5 Å². The number of halogens is 5. The molecule has 168 valence electrons. The highest BCUT2D eigenvalue weighted by atomic mass is 31.0. The number of carbonyl (C=O) groups is 1. The van der Waals surface area contributed by atoms with Crippen LogP contribution in [0.25, 0.3) is 11.4 Å². The molecule has 1 amide bonds. The minimum atomic E-state index is -4.66. The van der Waals surface area contributed by atoms with Crippen molar-refractivity contribution in [3.05, 3.63) is 59.4 Å². The fraction of sp³-hybridized carbons (Fsp3) is 0.316. The normalized spacial score (nSPS) is 15.5. The minimum Gasteiger partial charge on any atom is -0.341 e. The smallest absolute Gasteiger partial charge is 0.341 e. The number of carbonyl (C=O) groups excluding carboxylic acids is 1. The molecule has 0 aromatic carbocycles. The van der Waals surface area contributed by atoms with E-state index < -0.39 is 34.7 Å². The van der Waals surface area contributed by atoms with E-state index in [0.29, 0.717) is 30.0 Å². The van der Waals surface area contributed by atoms with Gasteiger partial charge in [0.05, 0.1) is 5.54 Å². The molecule has 3 heterocycles. The summed E-state index contributed by atoms with van der Waals surface area (Å²) in [6.07, 6.45) is 0.572. The van der Waals surface area contributed by atoms with Gasteiger partial charge < -0.3 is 5.32 Å². The van der Waals surface area contributed by atoms with Crippen molar-refractivity contribution < 1.29 is 26.7 Å². The molecule has 1 aliphatic carbocycles. The maximum Gasteiger partial charge on any atom is 0.435 e. The van der Waals surface area contributed by atoms with Gasteiger partial charge in [0.25, 0.3) is 11.6 Å². The van der Waals surface area contributed by atoms with Gasteiger partial charge >= 0.3 is 6.18 Å². The third-order valence-corrected chi connectivity index (χ3v) is 5.37. The highest BCUT2D eigenvalue weighted by Crippen LogP contribution is 2.45. The van der Waals surface area contributed by atoms with Crippen LogP contribution in [-0.4, -0.2) is 30.6 Å². The quantitative estimate of drug-likeness (QED) is 0.455. The molecule has 4 rings (SSSR count). The zero-order valence-corrected chi connectivity index (χ0v) is 17.6. The summed E-state index contributed by atoms with van der Waals surface area (Å²) in [5.41, 5.74) is -4.96. The summed E-state index contributed by atoms with van der Waals surface area (Å²) >= 11 is 0. The Labute approximate surface area is 180 Å². The number of aryl methyl sites for hydroxylation is 1. The zero-order valence-electron chi connectivity index (χ0n) is 16.5. The van der Waals surface area contributed by atoms with E-state index in [1.807, 2.05) is 0 Å². The number of nitrogens with zero attached hydrogens (tertiary/aromatic N) is 5. The molecule has 1 aliphatic rings. The summed E-state index contributed by atoms with van der Waals surface area (Å²) in [5, 5.41) is 6.08. The molecule has 1 atom stereocenters. The first-order valence-electron chi connectivity index (χ1n) is 9.29. The molecule has 0 aliphatic heterocycles. The fourth-order valence-corrected chi connectivity index (χ4v) is 3.34. The zero-order chi connectivity index (χ0) is 23.3. The lowest BCUT2D eigenvalue weighted by atomic mass is 10.1. The first kappa shape index (κ1) is 22.2. The third kappa shape index (κ3) is 4.32. The van der Waals surface area contributed by atoms with Crippen LogP contribution in [0.4, 0.5) is 22.0 Å². The molecular formula is C19H16F5N6OP. The molecule has 0 saturated heterocycles. The van der Waals surface area contributed by atoms with Gasteiger partial charge in [-0.25, -0.2) is 9.97 Å². The second-order valence-electron chi connectivity index (χ2n) is 7.42. The SMILES string of the molecule is Cn1nc(C(F)(F)F)cc1C(=O)NC1(c2cnc(-c3ccnc(C(F)(F)P)c3)nc2)CC1. The van der Waals surface area contributed by atoms with E-state index in [2.05, 4.69) is 25.4 Å². The molecule has 1 N–H and O–H groups in total. The number of amides is 1. The summed E-state index contributed by atoms with van der Waals surface area (Å²) in [6, 6.07) is 3.36. The van der Waals surface area contributed by atoms with Crippen molar-refractivity contribution in [2.24, 2.45) is 7.05 Å². The van der Waals surface area contributed by atoms with Crippen LogP contribution < -0.4 is 5.32 Å². The van der Waals surface area contributed by atoms with E-state index in [1.54, 1.807) is 0 Å². The van der Waals surface area contributed by atoms with Gasteiger partial charge in [-0.05, 0) is 25.0 Å². The van der Waals surface area contributed by atoms with Crippen LogP contribution in [0.1, 0.15) is 40.3 Å². The van der Waals surface area contributed by atoms with E-state index >= 15 is 0 Å². The minimum absolute atomic E-state index is 0.190. The van der Waals surface area contributed by atoms with Gasteiger partial charge in [-0.1, -0.05) is 9.24 Å². The highest BCUT2D eigenvalue weighted by molar-refractivity contribution is 7.17. The molecular weight excluding hydrogens is 454 g/mol. The Kier molecular flexibility index (Phi) is 5.23. The van der Waals surface area contributed by atoms with Crippen LogP contribution >= 0.6 is 9.24 Å². The topological polar surface area (TPSA) is 85.6 Å². The number of hydrogen-bond donors (Lipinski definition) is 1. The number of alkyl halides is 5.